The van der Waals surface area contributed by atoms with Crippen LogP contribution < -0.4 is 10.0 Å². The highest BCUT2D eigenvalue weighted by Crippen LogP contribution is 2.46. The molecular formula is C12H20N4O3S. The molecule has 1 aliphatic rings. The molecule has 1 saturated carbocycles. The number of hydrogen-bond donors (Lipinski definition) is 2. The Labute approximate surface area is 118 Å². The van der Waals surface area contributed by atoms with Crippen molar-refractivity contribution in [3.05, 3.63) is 18.7 Å². The van der Waals surface area contributed by atoms with E-state index in [2.05, 4.69) is 15.0 Å². The number of carbonyl (C=O) groups excluding carboxylic acids is 1. The molecule has 1 heterocycles. The van der Waals surface area contributed by atoms with Gasteiger partial charge in [-0.15, -0.1) is 0 Å². The maximum Gasteiger partial charge on any atom is 0.237 e. The Morgan fingerprint density at radius 1 is 1.50 bits per heavy atom. The molecule has 0 bridgehead atoms. The van der Waals surface area contributed by atoms with Gasteiger partial charge in [0, 0.05) is 30.9 Å². The Morgan fingerprint density at radius 3 is 2.70 bits per heavy atom. The summed E-state index contributed by atoms with van der Waals surface area (Å²) in [6.45, 7) is 2.91. The summed E-state index contributed by atoms with van der Waals surface area (Å²) in [4.78, 5) is 15.8. The molecule has 1 aromatic heterocycles. The van der Waals surface area contributed by atoms with Crippen LogP contribution in [0.15, 0.2) is 18.7 Å². The SMILES string of the molecule is CC(NS(C)(=O)=O)C(=O)NCC1(Cn2ccnc2)CC1. The van der Waals surface area contributed by atoms with Crippen LogP contribution in [0, 0.1) is 5.41 Å². The van der Waals surface area contributed by atoms with Crippen LogP contribution in [0.25, 0.3) is 0 Å². The molecule has 112 valence electrons. The number of aromatic nitrogens is 2. The lowest BCUT2D eigenvalue weighted by Gasteiger charge is -2.18. The van der Waals surface area contributed by atoms with Gasteiger partial charge in [0.2, 0.25) is 15.9 Å². The van der Waals surface area contributed by atoms with E-state index in [9.17, 15) is 13.2 Å². The molecule has 8 heteroatoms. The predicted octanol–water partition coefficient (Wildman–Crippen LogP) is -0.283. The minimum atomic E-state index is -3.37. The molecule has 0 saturated heterocycles. The number of nitrogens with zero attached hydrogens (tertiary/aromatic N) is 2. The van der Waals surface area contributed by atoms with E-state index in [1.807, 2.05) is 10.8 Å². The smallest absolute Gasteiger partial charge is 0.237 e. The van der Waals surface area contributed by atoms with Crippen molar-refractivity contribution >= 4 is 15.9 Å². The average molecular weight is 300 g/mol. The Bertz CT molecular complexity index is 564. The molecule has 0 radical (unpaired) electrons. The van der Waals surface area contributed by atoms with E-state index in [1.165, 1.54) is 6.92 Å². The Hall–Kier alpha value is -1.41. The highest BCUT2D eigenvalue weighted by atomic mass is 32.2. The third-order valence-corrected chi connectivity index (χ3v) is 4.24. The first-order valence-corrected chi connectivity index (χ1v) is 8.40. The minimum absolute atomic E-state index is 0.0845. The van der Waals surface area contributed by atoms with Crippen molar-refractivity contribution in [1.29, 1.82) is 0 Å². The summed E-state index contributed by atoms with van der Waals surface area (Å²) >= 11 is 0. The Morgan fingerprint density at radius 2 is 2.20 bits per heavy atom. The molecule has 2 N–H and O–H groups in total. The van der Waals surface area contributed by atoms with E-state index in [1.54, 1.807) is 12.5 Å². The van der Waals surface area contributed by atoms with Crippen LogP contribution in [0.4, 0.5) is 0 Å². The number of nitrogens with one attached hydrogen (secondary N) is 2. The van der Waals surface area contributed by atoms with Gasteiger partial charge in [0.15, 0.2) is 0 Å². The van der Waals surface area contributed by atoms with Gasteiger partial charge in [-0.3, -0.25) is 4.79 Å². The summed E-state index contributed by atoms with van der Waals surface area (Å²) in [6.07, 6.45) is 8.54. The highest BCUT2D eigenvalue weighted by molar-refractivity contribution is 7.88. The zero-order valence-electron chi connectivity index (χ0n) is 11.7. The van der Waals surface area contributed by atoms with Crippen LogP contribution in [-0.2, 0) is 21.4 Å². The average Bonchev–Trinajstić information content (AvgIpc) is 2.89. The van der Waals surface area contributed by atoms with Crippen molar-refractivity contribution in [3.8, 4) is 0 Å². The molecule has 0 spiro atoms. The van der Waals surface area contributed by atoms with Crippen molar-refractivity contribution in [2.45, 2.75) is 32.4 Å². The number of rotatable bonds is 7. The summed E-state index contributed by atoms with van der Waals surface area (Å²) in [5.74, 6) is -0.299. The molecule has 0 aliphatic heterocycles. The Kier molecular flexibility index (Phi) is 4.14. The third-order valence-electron chi connectivity index (χ3n) is 3.46. The van der Waals surface area contributed by atoms with E-state index in [0.717, 1.165) is 25.6 Å². The molecule has 20 heavy (non-hydrogen) atoms. The van der Waals surface area contributed by atoms with Gasteiger partial charge in [0.1, 0.15) is 0 Å². The zero-order chi connectivity index (χ0) is 14.8. The summed E-state index contributed by atoms with van der Waals surface area (Å²) in [7, 11) is -3.37. The summed E-state index contributed by atoms with van der Waals surface area (Å²) in [5.41, 5.74) is 0.0845. The van der Waals surface area contributed by atoms with Crippen LogP contribution in [-0.4, -0.2) is 42.7 Å². The van der Waals surface area contributed by atoms with Gasteiger partial charge in [0.05, 0.1) is 18.6 Å². The van der Waals surface area contributed by atoms with E-state index in [4.69, 9.17) is 0 Å². The predicted molar refractivity (Wildman–Crippen MR) is 74.3 cm³/mol. The first-order valence-electron chi connectivity index (χ1n) is 6.50. The number of sulfonamides is 1. The van der Waals surface area contributed by atoms with Crippen molar-refractivity contribution < 1.29 is 13.2 Å². The number of carbonyl (C=O) groups is 1. The summed E-state index contributed by atoms with van der Waals surface area (Å²) < 4.78 is 26.4. The van der Waals surface area contributed by atoms with Crippen molar-refractivity contribution in [2.24, 2.45) is 5.41 Å². The largest absolute Gasteiger partial charge is 0.354 e. The fraction of sp³-hybridized carbons (Fsp3) is 0.667. The molecular weight excluding hydrogens is 280 g/mol. The summed E-state index contributed by atoms with van der Waals surface area (Å²) in [6, 6.07) is -0.756. The van der Waals surface area contributed by atoms with Crippen LogP contribution in [0.5, 0.6) is 0 Å². The van der Waals surface area contributed by atoms with Gasteiger partial charge in [0.25, 0.3) is 0 Å². The standard InChI is InChI=1S/C12H20N4O3S/c1-10(15-20(2,18)19)11(17)14-7-12(3-4-12)8-16-6-5-13-9-16/h5-6,9-10,15H,3-4,7-8H2,1-2H3,(H,14,17). The molecule has 7 nitrogen and oxygen atoms in total. The molecule has 1 aromatic rings. The van der Waals surface area contributed by atoms with Crippen LogP contribution in [0.2, 0.25) is 0 Å². The monoisotopic (exact) mass is 300 g/mol. The lowest BCUT2D eigenvalue weighted by molar-refractivity contribution is -0.122. The van der Waals surface area contributed by atoms with Crippen molar-refractivity contribution in [2.75, 3.05) is 12.8 Å². The maximum absolute atomic E-state index is 11.8. The second-order valence-corrected chi connectivity index (χ2v) is 7.34. The topological polar surface area (TPSA) is 93.1 Å². The molecule has 1 aliphatic carbocycles. The van der Waals surface area contributed by atoms with Crippen molar-refractivity contribution in [1.82, 2.24) is 19.6 Å². The highest BCUT2D eigenvalue weighted by Gasteiger charge is 2.43. The van der Waals surface area contributed by atoms with Gasteiger partial charge in [-0.05, 0) is 19.8 Å². The van der Waals surface area contributed by atoms with Gasteiger partial charge in [-0.2, -0.15) is 0 Å². The second kappa shape index (κ2) is 5.53. The number of amides is 1. The van der Waals surface area contributed by atoms with Gasteiger partial charge >= 0.3 is 0 Å². The van der Waals surface area contributed by atoms with Gasteiger partial charge in [-0.25, -0.2) is 18.1 Å². The first-order chi connectivity index (χ1) is 9.30. The second-order valence-electron chi connectivity index (χ2n) is 5.56. The fourth-order valence-corrected chi connectivity index (χ4v) is 2.89. The van der Waals surface area contributed by atoms with Gasteiger partial charge in [-0.1, -0.05) is 0 Å². The van der Waals surface area contributed by atoms with Crippen molar-refractivity contribution in [3.63, 3.8) is 0 Å². The first kappa shape index (κ1) is 15.0. The molecule has 1 atom stereocenters. The Balaban J connectivity index is 1.81. The summed E-state index contributed by atoms with van der Waals surface area (Å²) in [5, 5.41) is 2.82. The van der Waals surface area contributed by atoms with E-state index in [0.29, 0.717) is 6.54 Å². The van der Waals surface area contributed by atoms with E-state index >= 15 is 0 Å². The molecule has 0 aromatic carbocycles. The molecule has 1 unspecified atom stereocenters. The third kappa shape index (κ3) is 4.31. The molecule has 2 rings (SSSR count). The van der Waals surface area contributed by atoms with E-state index in [-0.39, 0.29) is 11.3 Å². The lowest BCUT2D eigenvalue weighted by Crippen LogP contribution is -2.46. The van der Waals surface area contributed by atoms with Crippen LogP contribution >= 0.6 is 0 Å². The van der Waals surface area contributed by atoms with Crippen LogP contribution in [0.3, 0.4) is 0 Å². The van der Waals surface area contributed by atoms with E-state index < -0.39 is 16.1 Å². The minimum Gasteiger partial charge on any atom is -0.354 e. The maximum atomic E-state index is 11.8. The molecule has 1 fully saturated rings. The lowest BCUT2D eigenvalue weighted by atomic mass is 10.1. The fourth-order valence-electron chi connectivity index (χ4n) is 2.14. The molecule has 1 amide bonds. The normalized spacial score (nSPS) is 18.5. The van der Waals surface area contributed by atoms with Gasteiger partial charge < -0.3 is 9.88 Å². The number of hydrogen-bond acceptors (Lipinski definition) is 4. The quantitative estimate of drug-likeness (QED) is 0.724. The number of imidazole rings is 1. The van der Waals surface area contributed by atoms with Crippen LogP contribution in [0.1, 0.15) is 19.8 Å². The zero-order valence-corrected chi connectivity index (χ0v) is 12.5.